The molecule has 0 atom stereocenters. The van der Waals surface area contributed by atoms with Crippen molar-refractivity contribution in [3.8, 4) is 11.8 Å². The van der Waals surface area contributed by atoms with Gasteiger partial charge in [-0.3, -0.25) is 19.9 Å². The van der Waals surface area contributed by atoms with Gasteiger partial charge in [-0.2, -0.15) is 13.2 Å². The van der Waals surface area contributed by atoms with Crippen molar-refractivity contribution in [2.45, 2.75) is 13.1 Å². The van der Waals surface area contributed by atoms with Gasteiger partial charge in [-0.15, -0.1) is 0 Å². The number of nitrogens with one attached hydrogen (secondary N) is 2. The number of aromatic nitrogens is 2. The van der Waals surface area contributed by atoms with Crippen LogP contribution in [-0.2, 0) is 11.0 Å². The first-order valence-electron chi connectivity index (χ1n) is 10.2. The van der Waals surface area contributed by atoms with Crippen LogP contribution in [0.3, 0.4) is 0 Å². The summed E-state index contributed by atoms with van der Waals surface area (Å²) in [6.45, 7) is 1.79. The summed E-state index contributed by atoms with van der Waals surface area (Å²) >= 11 is 0. The van der Waals surface area contributed by atoms with E-state index in [4.69, 9.17) is 11.6 Å². The van der Waals surface area contributed by atoms with Crippen LogP contribution in [0, 0.1) is 18.8 Å². The molecule has 0 saturated heterocycles. The van der Waals surface area contributed by atoms with Crippen molar-refractivity contribution < 1.29 is 22.8 Å². The smallest absolute Gasteiger partial charge is 0.403 e. The van der Waals surface area contributed by atoms with Gasteiger partial charge in [0.1, 0.15) is 0 Å². The number of carbonyl (C=O) groups excluding carboxylic acids is 2. The predicted molar refractivity (Wildman–Crippen MR) is 128 cm³/mol. The Morgan fingerprint density at radius 1 is 1.11 bits per heavy atom. The second-order valence-electron chi connectivity index (χ2n) is 7.31. The Balaban J connectivity index is 1.87. The molecule has 0 aliphatic heterocycles. The van der Waals surface area contributed by atoms with Crippen LogP contribution in [0.4, 0.5) is 30.5 Å². The third kappa shape index (κ3) is 6.58. The maximum absolute atomic E-state index is 13.4. The van der Waals surface area contributed by atoms with Crippen LogP contribution in [-0.4, -0.2) is 22.3 Å². The number of nitrogens with zero attached hydrogens (tertiary/aromatic N) is 3. The minimum Gasteiger partial charge on any atom is -0.403 e. The van der Waals surface area contributed by atoms with E-state index >= 15 is 0 Å². The third-order valence-corrected chi connectivity index (χ3v) is 4.73. The number of aryl methyl sites for hydroxylation is 1. The van der Waals surface area contributed by atoms with Gasteiger partial charge >= 0.3 is 6.18 Å². The summed E-state index contributed by atoms with van der Waals surface area (Å²) in [5, 5.41) is 5.67. The molecule has 184 valence electrons. The maximum Gasteiger partial charge on any atom is 0.416 e. The average Bonchev–Trinajstić information content (AvgIpc) is 2.84. The van der Waals surface area contributed by atoms with Gasteiger partial charge in [0.05, 0.1) is 16.8 Å². The van der Waals surface area contributed by atoms with Crippen LogP contribution >= 0.6 is 0 Å². The Bertz CT molecular complexity index is 1360. The number of hydrogen-bond donors (Lipinski definition) is 4. The Morgan fingerprint density at radius 3 is 2.47 bits per heavy atom. The normalized spacial score (nSPS) is 10.9. The van der Waals surface area contributed by atoms with E-state index in [0.717, 1.165) is 28.9 Å². The van der Waals surface area contributed by atoms with Gasteiger partial charge in [0.25, 0.3) is 5.91 Å². The number of hydrogen-bond acceptors (Lipinski definition) is 7. The number of carbonyl (C=O) groups is 2. The molecule has 0 aliphatic rings. The molecular formula is C24H20F3N7O2. The molecule has 0 unspecified atom stereocenters. The van der Waals surface area contributed by atoms with Crippen LogP contribution in [0.5, 0.6) is 0 Å². The van der Waals surface area contributed by atoms with Gasteiger partial charge in [-0.05, 0) is 42.8 Å². The van der Waals surface area contributed by atoms with Gasteiger partial charge < -0.3 is 11.1 Å². The van der Waals surface area contributed by atoms with Crippen molar-refractivity contribution in [1.29, 1.82) is 0 Å². The van der Waals surface area contributed by atoms with Crippen LogP contribution in [0.2, 0.25) is 0 Å². The van der Waals surface area contributed by atoms with E-state index in [-0.39, 0.29) is 22.9 Å². The van der Waals surface area contributed by atoms with Crippen LogP contribution in [0.25, 0.3) is 0 Å². The number of benzene rings is 2. The zero-order valence-corrected chi connectivity index (χ0v) is 18.8. The molecular weight excluding hydrogens is 475 g/mol. The van der Waals surface area contributed by atoms with Crippen molar-refractivity contribution in [2.24, 2.45) is 11.6 Å². The second kappa shape index (κ2) is 11.0. The van der Waals surface area contributed by atoms with Crippen LogP contribution in [0.15, 0.2) is 61.2 Å². The first kappa shape index (κ1) is 25.7. The lowest BCUT2D eigenvalue weighted by Gasteiger charge is -2.18. The molecule has 0 aliphatic carbocycles. The fourth-order valence-corrected chi connectivity index (χ4v) is 2.94. The van der Waals surface area contributed by atoms with Crippen LogP contribution in [0.1, 0.15) is 32.6 Å². The third-order valence-electron chi connectivity index (χ3n) is 4.73. The Kier molecular flexibility index (Phi) is 7.88. The van der Waals surface area contributed by atoms with Crippen molar-refractivity contribution in [2.75, 3.05) is 15.6 Å². The number of hydrazine groups is 1. The zero-order valence-electron chi connectivity index (χ0n) is 18.8. The van der Waals surface area contributed by atoms with Gasteiger partial charge in [0.2, 0.25) is 12.4 Å². The highest BCUT2D eigenvalue weighted by Gasteiger charge is 2.31. The maximum atomic E-state index is 13.4. The first-order chi connectivity index (χ1) is 17.1. The average molecular weight is 495 g/mol. The fourth-order valence-electron chi connectivity index (χ4n) is 2.94. The molecule has 1 heterocycles. The summed E-state index contributed by atoms with van der Waals surface area (Å²) in [5.41, 5.74) is 6.06. The second-order valence-corrected chi connectivity index (χ2v) is 7.31. The summed E-state index contributed by atoms with van der Waals surface area (Å²) < 4.78 is 40.1. The zero-order chi connectivity index (χ0) is 26.3. The molecule has 12 heteroatoms. The highest BCUT2D eigenvalue weighted by atomic mass is 19.4. The largest absolute Gasteiger partial charge is 0.416 e. The molecule has 0 fully saturated rings. The first-order valence-corrected chi connectivity index (χ1v) is 10.2. The van der Waals surface area contributed by atoms with E-state index < -0.39 is 17.6 Å². The van der Waals surface area contributed by atoms with Crippen molar-refractivity contribution >= 4 is 29.6 Å². The number of anilines is 3. The highest BCUT2D eigenvalue weighted by molar-refractivity contribution is 6.04. The molecule has 0 saturated carbocycles. The molecule has 2 amide bonds. The quantitative estimate of drug-likeness (QED) is 0.178. The molecule has 6 N–H and O–H groups in total. The highest BCUT2D eigenvalue weighted by Crippen LogP contribution is 2.34. The molecule has 36 heavy (non-hydrogen) atoms. The van der Waals surface area contributed by atoms with E-state index in [1.807, 2.05) is 0 Å². The lowest BCUT2D eigenvalue weighted by Crippen LogP contribution is -2.25. The van der Waals surface area contributed by atoms with Gasteiger partial charge in [-0.1, -0.05) is 17.9 Å². The predicted octanol–water partition coefficient (Wildman–Crippen LogP) is 3.13. The molecule has 3 rings (SSSR count). The van der Waals surface area contributed by atoms with Gasteiger partial charge in [0, 0.05) is 41.6 Å². The Hall–Kier alpha value is -4.89. The number of rotatable bonds is 6. The molecule has 0 spiro atoms. The lowest BCUT2D eigenvalue weighted by molar-refractivity contribution is -0.137. The minimum absolute atomic E-state index is 0.0335. The number of amides is 2. The minimum atomic E-state index is -4.67. The Morgan fingerprint density at radius 2 is 1.83 bits per heavy atom. The van der Waals surface area contributed by atoms with Crippen LogP contribution < -0.4 is 27.2 Å². The number of nitrogens with two attached hydrogens (primary N) is 2. The van der Waals surface area contributed by atoms with E-state index in [1.165, 1.54) is 36.8 Å². The molecule has 0 radical (unpaired) electrons. The SMILES string of the molecule is Cc1ccc(C(=O)Nc2cc(N(N)/C=C\N)cc(C(F)(F)F)c2)cc1C#Cc1cnc(NC=O)nc1. The van der Waals surface area contributed by atoms with Gasteiger partial charge in [0.15, 0.2) is 0 Å². The summed E-state index contributed by atoms with van der Waals surface area (Å²) in [5.74, 6) is 11.0. The van der Waals surface area contributed by atoms with E-state index in [1.54, 1.807) is 13.0 Å². The molecule has 0 bridgehead atoms. The molecule has 2 aromatic carbocycles. The lowest BCUT2D eigenvalue weighted by atomic mass is 10.0. The summed E-state index contributed by atoms with van der Waals surface area (Å²) in [7, 11) is 0. The number of alkyl halides is 3. The number of halogens is 3. The standard InChI is InChI=1S/C24H20F3N7O2/c1-15-2-4-18(8-17(15)5-3-16-12-30-23(31-13-16)32-14-35)22(36)33-20-9-19(24(25,26)27)10-21(11-20)34(29)7-6-28/h2,4,6-14H,28-29H2,1H3,(H,33,36)(H,30,31,32,35)/b7-6-. The molecule has 1 aromatic heterocycles. The van der Waals surface area contributed by atoms with Crippen molar-refractivity contribution in [3.05, 3.63) is 89.0 Å². The van der Waals surface area contributed by atoms with Crippen molar-refractivity contribution in [1.82, 2.24) is 9.97 Å². The topological polar surface area (TPSA) is 139 Å². The fraction of sp³-hybridized carbons (Fsp3) is 0.0833. The molecule has 3 aromatic rings. The Labute approximate surface area is 204 Å². The summed E-state index contributed by atoms with van der Waals surface area (Å²) in [6.07, 6.45) is 0.858. The van der Waals surface area contributed by atoms with Crippen molar-refractivity contribution in [3.63, 3.8) is 0 Å². The monoisotopic (exact) mass is 495 g/mol. The van der Waals surface area contributed by atoms with Gasteiger partial charge in [-0.25, -0.2) is 15.8 Å². The van der Waals surface area contributed by atoms with E-state index in [9.17, 15) is 22.8 Å². The van der Waals surface area contributed by atoms with E-state index in [0.29, 0.717) is 17.5 Å². The van der Waals surface area contributed by atoms with E-state index in [2.05, 4.69) is 32.4 Å². The molecule has 9 nitrogen and oxygen atoms in total. The summed E-state index contributed by atoms with van der Waals surface area (Å²) in [4.78, 5) is 31.1. The summed E-state index contributed by atoms with van der Waals surface area (Å²) in [6, 6.07) is 7.63.